The molecule has 0 spiro atoms. The third kappa shape index (κ3) is 2.85. The van der Waals surface area contributed by atoms with Crippen molar-refractivity contribution in [3.05, 3.63) is 34.4 Å². The summed E-state index contributed by atoms with van der Waals surface area (Å²) in [7, 11) is 0. The lowest BCUT2D eigenvalue weighted by Crippen LogP contribution is -2.50. The Kier molecular flexibility index (Phi) is 3.76. The van der Waals surface area contributed by atoms with E-state index in [4.69, 9.17) is 10.5 Å². The van der Waals surface area contributed by atoms with Crippen molar-refractivity contribution in [3.63, 3.8) is 0 Å². The lowest BCUT2D eigenvalue weighted by atomic mass is 9.76. The summed E-state index contributed by atoms with van der Waals surface area (Å²) in [5.41, 5.74) is 12.0. The van der Waals surface area contributed by atoms with Crippen molar-refractivity contribution in [1.82, 2.24) is 0 Å². The molecule has 0 aromatic heterocycles. The molecule has 106 valence electrons. The number of ether oxygens (including phenoxy) is 1. The number of hydrogen-bond acceptors (Lipinski definition) is 2. The number of nitrogens with two attached hydrogens (primary N) is 1. The second-order valence-electron chi connectivity index (χ2n) is 7.21. The highest BCUT2D eigenvalue weighted by molar-refractivity contribution is 5.41. The zero-order valence-corrected chi connectivity index (χ0v) is 13.0. The highest BCUT2D eigenvalue weighted by Crippen LogP contribution is 2.34. The van der Waals surface area contributed by atoms with Crippen LogP contribution in [0.5, 0.6) is 0 Å². The first kappa shape index (κ1) is 14.5. The van der Waals surface area contributed by atoms with E-state index in [0.717, 1.165) is 19.6 Å². The van der Waals surface area contributed by atoms with E-state index in [-0.39, 0.29) is 10.8 Å². The molecular weight excluding hydrogens is 234 g/mol. The molecule has 0 radical (unpaired) electrons. The van der Waals surface area contributed by atoms with Crippen LogP contribution in [0, 0.1) is 19.3 Å². The van der Waals surface area contributed by atoms with Gasteiger partial charge in [0.05, 0.1) is 13.2 Å². The second kappa shape index (κ2) is 4.92. The van der Waals surface area contributed by atoms with Crippen molar-refractivity contribution in [2.24, 2.45) is 11.1 Å². The predicted molar refractivity (Wildman–Crippen MR) is 80.6 cm³/mol. The number of aryl methyl sites for hydroxylation is 2. The molecule has 0 bridgehead atoms. The Labute approximate surface area is 117 Å². The van der Waals surface area contributed by atoms with E-state index >= 15 is 0 Å². The van der Waals surface area contributed by atoms with Gasteiger partial charge in [0.2, 0.25) is 0 Å². The quantitative estimate of drug-likeness (QED) is 0.907. The van der Waals surface area contributed by atoms with Gasteiger partial charge in [-0.3, -0.25) is 0 Å². The van der Waals surface area contributed by atoms with Gasteiger partial charge in [0.1, 0.15) is 0 Å². The maximum absolute atomic E-state index is 5.94. The molecule has 1 saturated heterocycles. The second-order valence-corrected chi connectivity index (χ2v) is 7.21. The number of rotatable bonds is 3. The van der Waals surface area contributed by atoms with Crippen LogP contribution in [0.3, 0.4) is 0 Å². The van der Waals surface area contributed by atoms with Gasteiger partial charge in [0.15, 0.2) is 0 Å². The lowest BCUT2D eigenvalue weighted by molar-refractivity contribution is -0.106. The molecule has 0 aliphatic carbocycles. The third-order valence-electron chi connectivity index (χ3n) is 4.36. The van der Waals surface area contributed by atoms with E-state index in [9.17, 15) is 0 Å². The first-order valence-electron chi connectivity index (χ1n) is 7.16. The molecule has 1 aliphatic rings. The summed E-state index contributed by atoms with van der Waals surface area (Å²) in [5.74, 6) is 0. The van der Waals surface area contributed by atoms with Gasteiger partial charge in [-0.05, 0) is 47.9 Å². The Morgan fingerprint density at radius 3 is 2.00 bits per heavy atom. The molecule has 19 heavy (non-hydrogen) atoms. The largest absolute Gasteiger partial charge is 0.380 e. The van der Waals surface area contributed by atoms with Crippen LogP contribution in [0.2, 0.25) is 0 Å². The molecule has 2 heteroatoms. The Morgan fingerprint density at radius 1 is 1.16 bits per heavy atom. The van der Waals surface area contributed by atoms with Crippen LogP contribution in [0.4, 0.5) is 0 Å². The van der Waals surface area contributed by atoms with Gasteiger partial charge in [-0.1, -0.05) is 32.9 Å². The summed E-state index contributed by atoms with van der Waals surface area (Å²) in [4.78, 5) is 0. The third-order valence-corrected chi connectivity index (χ3v) is 4.36. The van der Waals surface area contributed by atoms with Crippen molar-refractivity contribution >= 4 is 0 Å². The van der Waals surface area contributed by atoms with Crippen LogP contribution in [0.1, 0.15) is 43.0 Å². The van der Waals surface area contributed by atoms with Crippen molar-refractivity contribution in [2.75, 3.05) is 19.8 Å². The number of hydrogen-bond donors (Lipinski definition) is 1. The van der Waals surface area contributed by atoms with Gasteiger partial charge in [-0.2, -0.15) is 0 Å². The van der Waals surface area contributed by atoms with Crippen LogP contribution >= 0.6 is 0 Å². The Bertz CT molecular complexity index is 438. The summed E-state index contributed by atoms with van der Waals surface area (Å²) in [5, 5.41) is 0. The first-order valence-corrected chi connectivity index (χ1v) is 7.16. The molecule has 1 aliphatic heterocycles. The van der Waals surface area contributed by atoms with Crippen LogP contribution in [-0.4, -0.2) is 19.8 Å². The zero-order chi connectivity index (χ0) is 14.3. The van der Waals surface area contributed by atoms with E-state index in [0.29, 0.717) is 6.54 Å². The molecule has 0 unspecified atom stereocenters. The molecule has 2 nitrogen and oxygen atoms in total. The number of benzene rings is 1. The lowest BCUT2D eigenvalue weighted by Gasteiger charge is -2.41. The van der Waals surface area contributed by atoms with E-state index < -0.39 is 0 Å². The highest BCUT2D eigenvalue weighted by atomic mass is 16.5. The van der Waals surface area contributed by atoms with E-state index in [1.165, 1.54) is 22.3 Å². The topological polar surface area (TPSA) is 35.2 Å². The average molecular weight is 261 g/mol. The predicted octanol–water partition coefficient (Wildman–Crippen LogP) is 3.12. The smallest absolute Gasteiger partial charge is 0.0560 e. The normalized spacial score (nSPS) is 18.2. The van der Waals surface area contributed by atoms with Crippen LogP contribution in [0.25, 0.3) is 0 Å². The van der Waals surface area contributed by atoms with Gasteiger partial charge in [0, 0.05) is 12.0 Å². The minimum Gasteiger partial charge on any atom is -0.380 e. The fourth-order valence-corrected chi connectivity index (χ4v) is 2.76. The Morgan fingerprint density at radius 2 is 1.68 bits per heavy atom. The molecule has 2 N–H and O–H groups in total. The molecule has 0 amide bonds. The molecule has 2 rings (SSSR count). The molecule has 1 heterocycles. The molecule has 0 saturated carbocycles. The molecular formula is C17H27NO. The standard InChI is InChI=1S/C17H27NO/c1-12-6-14(16(3,4)5)7-13(2)15(12)8-17(9-18)10-19-11-17/h6-7H,8-11,18H2,1-5H3. The van der Waals surface area contributed by atoms with Gasteiger partial charge in [-0.25, -0.2) is 0 Å². The Balaban J connectivity index is 2.32. The molecule has 1 aromatic rings. The van der Waals surface area contributed by atoms with E-state index in [1.807, 2.05) is 0 Å². The van der Waals surface area contributed by atoms with E-state index in [1.54, 1.807) is 0 Å². The van der Waals surface area contributed by atoms with Gasteiger partial charge < -0.3 is 10.5 Å². The van der Waals surface area contributed by atoms with Crippen molar-refractivity contribution < 1.29 is 4.74 Å². The van der Waals surface area contributed by atoms with Crippen LogP contribution in [-0.2, 0) is 16.6 Å². The summed E-state index contributed by atoms with van der Waals surface area (Å²) in [6, 6.07) is 4.68. The summed E-state index contributed by atoms with van der Waals surface area (Å²) in [6.45, 7) is 13.6. The molecule has 0 atom stereocenters. The maximum Gasteiger partial charge on any atom is 0.0560 e. The SMILES string of the molecule is Cc1cc(C(C)(C)C)cc(C)c1CC1(CN)COC1. The summed E-state index contributed by atoms with van der Waals surface area (Å²) in [6.07, 6.45) is 1.05. The van der Waals surface area contributed by atoms with Crippen molar-refractivity contribution in [2.45, 2.75) is 46.5 Å². The maximum atomic E-state index is 5.94. The average Bonchev–Trinajstić information content (AvgIpc) is 2.25. The van der Waals surface area contributed by atoms with E-state index in [2.05, 4.69) is 46.8 Å². The fraction of sp³-hybridized carbons (Fsp3) is 0.647. The van der Waals surface area contributed by atoms with Crippen LogP contribution in [0.15, 0.2) is 12.1 Å². The Hall–Kier alpha value is -0.860. The van der Waals surface area contributed by atoms with Gasteiger partial charge in [-0.15, -0.1) is 0 Å². The fourth-order valence-electron chi connectivity index (χ4n) is 2.76. The van der Waals surface area contributed by atoms with Gasteiger partial charge in [0.25, 0.3) is 0 Å². The highest BCUT2D eigenvalue weighted by Gasteiger charge is 2.38. The summed E-state index contributed by atoms with van der Waals surface area (Å²) < 4.78 is 5.38. The van der Waals surface area contributed by atoms with Crippen LogP contribution < -0.4 is 5.73 Å². The molecule has 1 aromatic carbocycles. The monoisotopic (exact) mass is 261 g/mol. The first-order chi connectivity index (χ1) is 8.77. The minimum absolute atomic E-state index is 0.179. The summed E-state index contributed by atoms with van der Waals surface area (Å²) >= 11 is 0. The zero-order valence-electron chi connectivity index (χ0n) is 13.0. The van der Waals surface area contributed by atoms with Crippen molar-refractivity contribution in [1.29, 1.82) is 0 Å². The minimum atomic E-state index is 0.179. The van der Waals surface area contributed by atoms with Gasteiger partial charge >= 0.3 is 0 Å². The van der Waals surface area contributed by atoms with Crippen molar-refractivity contribution in [3.8, 4) is 0 Å². The molecule has 1 fully saturated rings.